The van der Waals surface area contributed by atoms with Gasteiger partial charge in [-0.05, 0) is 25.1 Å². The number of halogens is 1. The van der Waals surface area contributed by atoms with Crippen molar-refractivity contribution in [2.24, 2.45) is 5.92 Å². The highest BCUT2D eigenvalue weighted by Gasteiger charge is 2.14. The van der Waals surface area contributed by atoms with Crippen molar-refractivity contribution in [2.75, 3.05) is 13.7 Å². The van der Waals surface area contributed by atoms with Gasteiger partial charge in [0.15, 0.2) is 0 Å². The van der Waals surface area contributed by atoms with Crippen LogP contribution in [0.4, 0.5) is 0 Å². The van der Waals surface area contributed by atoms with E-state index in [1.807, 2.05) is 31.3 Å². The number of ether oxygens (including phenoxy) is 1. The van der Waals surface area contributed by atoms with E-state index in [0.29, 0.717) is 23.6 Å². The molecule has 2 nitrogen and oxygen atoms in total. The second kappa shape index (κ2) is 6.77. The molecule has 0 saturated heterocycles. The fourth-order valence-corrected chi connectivity index (χ4v) is 1.75. The largest absolute Gasteiger partial charge is 0.490 e. The van der Waals surface area contributed by atoms with Crippen molar-refractivity contribution in [1.29, 1.82) is 0 Å². The quantitative estimate of drug-likeness (QED) is 0.825. The molecule has 1 rings (SSSR count). The first-order valence-corrected chi connectivity index (χ1v) is 6.11. The van der Waals surface area contributed by atoms with Crippen LogP contribution >= 0.6 is 11.6 Å². The van der Waals surface area contributed by atoms with Crippen LogP contribution < -0.4 is 10.1 Å². The maximum absolute atomic E-state index is 6.02. The fraction of sp³-hybridized carbons (Fsp3) is 0.538. The minimum absolute atomic E-state index is 0.362. The van der Waals surface area contributed by atoms with Crippen LogP contribution in [-0.2, 0) is 0 Å². The van der Waals surface area contributed by atoms with Gasteiger partial charge in [-0.1, -0.05) is 44.0 Å². The summed E-state index contributed by atoms with van der Waals surface area (Å²) in [4.78, 5) is 0. The highest BCUT2D eigenvalue weighted by molar-refractivity contribution is 6.32. The van der Waals surface area contributed by atoms with E-state index in [2.05, 4.69) is 19.2 Å². The summed E-state index contributed by atoms with van der Waals surface area (Å²) in [5.74, 6) is 1.35. The number of benzene rings is 1. The van der Waals surface area contributed by atoms with E-state index in [4.69, 9.17) is 16.3 Å². The molecule has 0 bridgehead atoms. The fourth-order valence-electron chi connectivity index (χ4n) is 1.56. The lowest BCUT2D eigenvalue weighted by molar-refractivity contribution is 0.228. The second-order valence-electron chi connectivity index (χ2n) is 4.02. The number of hydrogen-bond donors (Lipinski definition) is 1. The van der Waals surface area contributed by atoms with Crippen LogP contribution in [0, 0.1) is 5.92 Å². The second-order valence-corrected chi connectivity index (χ2v) is 4.43. The summed E-state index contributed by atoms with van der Waals surface area (Å²) in [7, 11) is 1.97. The average Bonchev–Trinajstić information content (AvgIpc) is 2.31. The maximum atomic E-state index is 6.02. The van der Waals surface area contributed by atoms with Crippen LogP contribution in [0.3, 0.4) is 0 Å². The topological polar surface area (TPSA) is 21.3 Å². The third kappa shape index (κ3) is 3.69. The van der Waals surface area contributed by atoms with Gasteiger partial charge >= 0.3 is 0 Å². The van der Waals surface area contributed by atoms with Gasteiger partial charge in [0.1, 0.15) is 12.4 Å². The molecular formula is C13H20ClNO. The van der Waals surface area contributed by atoms with Gasteiger partial charge in [-0.3, -0.25) is 0 Å². The van der Waals surface area contributed by atoms with Gasteiger partial charge in [0, 0.05) is 6.04 Å². The van der Waals surface area contributed by atoms with E-state index < -0.39 is 0 Å². The Kier molecular flexibility index (Phi) is 5.64. The van der Waals surface area contributed by atoms with E-state index >= 15 is 0 Å². The van der Waals surface area contributed by atoms with E-state index in [0.717, 1.165) is 12.2 Å². The Morgan fingerprint density at radius 1 is 1.38 bits per heavy atom. The molecule has 1 aromatic carbocycles. The van der Waals surface area contributed by atoms with Crippen LogP contribution in [0.5, 0.6) is 5.75 Å². The molecule has 3 heteroatoms. The zero-order valence-corrected chi connectivity index (χ0v) is 10.9. The summed E-state index contributed by atoms with van der Waals surface area (Å²) in [6.45, 7) is 5.05. The first kappa shape index (κ1) is 13.3. The molecule has 2 unspecified atom stereocenters. The van der Waals surface area contributed by atoms with Crippen molar-refractivity contribution in [3.8, 4) is 5.75 Å². The van der Waals surface area contributed by atoms with Gasteiger partial charge in [0.05, 0.1) is 5.02 Å². The van der Waals surface area contributed by atoms with E-state index in [1.54, 1.807) is 0 Å². The third-order valence-corrected chi connectivity index (χ3v) is 3.27. The van der Waals surface area contributed by atoms with Crippen LogP contribution in [0.1, 0.15) is 20.3 Å². The summed E-state index contributed by atoms with van der Waals surface area (Å²) in [6, 6.07) is 7.93. The highest BCUT2D eigenvalue weighted by atomic mass is 35.5. The molecule has 2 atom stereocenters. The Morgan fingerprint density at radius 3 is 2.62 bits per heavy atom. The van der Waals surface area contributed by atoms with Crippen LogP contribution in [-0.4, -0.2) is 19.7 Å². The molecule has 0 aliphatic rings. The van der Waals surface area contributed by atoms with Gasteiger partial charge in [-0.15, -0.1) is 0 Å². The summed E-state index contributed by atoms with van der Waals surface area (Å²) < 4.78 is 5.72. The molecule has 16 heavy (non-hydrogen) atoms. The number of likely N-dealkylation sites (N-methyl/N-ethyl adjacent to an activating group) is 1. The van der Waals surface area contributed by atoms with Gasteiger partial charge < -0.3 is 10.1 Å². The number of para-hydroxylation sites is 1. The molecule has 0 heterocycles. The maximum Gasteiger partial charge on any atom is 0.137 e. The van der Waals surface area contributed by atoms with E-state index in [1.165, 1.54) is 0 Å². The van der Waals surface area contributed by atoms with Crippen LogP contribution in [0.2, 0.25) is 5.02 Å². The minimum Gasteiger partial charge on any atom is -0.490 e. The molecule has 1 aromatic rings. The zero-order chi connectivity index (χ0) is 12.0. The van der Waals surface area contributed by atoms with Crippen LogP contribution in [0.25, 0.3) is 0 Å². The van der Waals surface area contributed by atoms with Crippen molar-refractivity contribution in [2.45, 2.75) is 26.3 Å². The van der Waals surface area contributed by atoms with E-state index in [-0.39, 0.29) is 0 Å². The van der Waals surface area contributed by atoms with Crippen molar-refractivity contribution in [1.82, 2.24) is 5.32 Å². The molecule has 0 saturated carbocycles. The molecule has 0 aromatic heterocycles. The van der Waals surface area contributed by atoms with Crippen molar-refractivity contribution in [3.63, 3.8) is 0 Å². The van der Waals surface area contributed by atoms with Crippen LogP contribution in [0.15, 0.2) is 24.3 Å². The Bertz CT molecular complexity index is 317. The van der Waals surface area contributed by atoms with Gasteiger partial charge in [-0.25, -0.2) is 0 Å². The Morgan fingerprint density at radius 2 is 2.06 bits per heavy atom. The molecule has 0 amide bonds. The lowest BCUT2D eigenvalue weighted by atomic mass is 10.0. The predicted octanol–water partition coefficient (Wildman–Crippen LogP) is 3.35. The van der Waals surface area contributed by atoms with Gasteiger partial charge in [-0.2, -0.15) is 0 Å². The highest BCUT2D eigenvalue weighted by Crippen LogP contribution is 2.23. The third-order valence-electron chi connectivity index (χ3n) is 2.96. The SMILES string of the molecule is CCC(C)C(COc1ccccc1Cl)NC. The number of rotatable bonds is 6. The van der Waals surface area contributed by atoms with Crippen molar-refractivity contribution in [3.05, 3.63) is 29.3 Å². The Balaban J connectivity index is 2.53. The minimum atomic E-state index is 0.362. The van der Waals surface area contributed by atoms with Gasteiger partial charge in [0.25, 0.3) is 0 Å². The monoisotopic (exact) mass is 241 g/mol. The van der Waals surface area contributed by atoms with Gasteiger partial charge in [0.2, 0.25) is 0 Å². The normalized spacial score (nSPS) is 14.5. The lowest BCUT2D eigenvalue weighted by Gasteiger charge is -2.22. The molecule has 1 N–H and O–H groups in total. The molecule has 90 valence electrons. The Hall–Kier alpha value is -0.730. The predicted molar refractivity (Wildman–Crippen MR) is 69.2 cm³/mol. The number of hydrogen-bond acceptors (Lipinski definition) is 2. The van der Waals surface area contributed by atoms with Crippen molar-refractivity contribution >= 4 is 11.6 Å². The molecule has 0 aliphatic carbocycles. The van der Waals surface area contributed by atoms with Crippen molar-refractivity contribution < 1.29 is 4.74 Å². The number of nitrogens with one attached hydrogen (secondary N) is 1. The summed E-state index contributed by atoms with van der Waals surface area (Å²) in [5, 5.41) is 3.94. The molecule has 0 spiro atoms. The summed E-state index contributed by atoms with van der Waals surface area (Å²) in [5.41, 5.74) is 0. The molecule has 0 fully saturated rings. The first-order valence-electron chi connectivity index (χ1n) is 5.73. The standard InChI is InChI=1S/C13H20ClNO/c1-4-10(2)12(15-3)9-16-13-8-6-5-7-11(13)14/h5-8,10,12,15H,4,9H2,1-3H3. The smallest absolute Gasteiger partial charge is 0.137 e. The molecule has 0 aliphatic heterocycles. The average molecular weight is 242 g/mol. The van der Waals surface area contributed by atoms with E-state index in [9.17, 15) is 0 Å². The zero-order valence-electron chi connectivity index (χ0n) is 10.2. The summed E-state index contributed by atoms with van der Waals surface area (Å²) in [6.07, 6.45) is 1.14. The first-order chi connectivity index (χ1) is 7.69. The molecular weight excluding hydrogens is 222 g/mol. The lowest BCUT2D eigenvalue weighted by Crippen LogP contribution is -2.37. The molecule has 0 radical (unpaired) electrons. The summed E-state index contributed by atoms with van der Waals surface area (Å²) >= 11 is 6.02. The Labute approximate surface area is 103 Å².